The summed E-state index contributed by atoms with van der Waals surface area (Å²) in [7, 11) is 0. The fourth-order valence-electron chi connectivity index (χ4n) is 3.22. The van der Waals surface area contributed by atoms with Crippen LogP contribution in [-0.2, 0) is 11.2 Å². The first-order chi connectivity index (χ1) is 12.7. The Hall–Kier alpha value is -3.09. The first kappa shape index (κ1) is 16.4. The van der Waals surface area contributed by atoms with Crippen LogP contribution in [0, 0.1) is 0 Å². The smallest absolute Gasteiger partial charge is 0.289 e. The zero-order valence-electron chi connectivity index (χ0n) is 14.3. The van der Waals surface area contributed by atoms with E-state index in [2.05, 4.69) is 4.98 Å². The van der Waals surface area contributed by atoms with Crippen molar-refractivity contribution in [2.24, 2.45) is 0 Å². The third kappa shape index (κ3) is 3.33. The molecule has 0 saturated carbocycles. The molecule has 0 spiro atoms. The number of amides is 2. The predicted molar refractivity (Wildman–Crippen MR) is 93.5 cm³/mol. The van der Waals surface area contributed by atoms with Crippen LogP contribution in [0.3, 0.4) is 0 Å². The molecule has 2 aromatic heterocycles. The van der Waals surface area contributed by atoms with E-state index in [1.54, 1.807) is 17.0 Å². The van der Waals surface area contributed by atoms with Gasteiger partial charge in [-0.3, -0.25) is 9.59 Å². The van der Waals surface area contributed by atoms with Gasteiger partial charge in [-0.25, -0.2) is 4.98 Å². The Labute approximate surface area is 150 Å². The van der Waals surface area contributed by atoms with Crippen LogP contribution in [0.2, 0.25) is 0 Å². The van der Waals surface area contributed by atoms with Gasteiger partial charge in [0, 0.05) is 26.2 Å². The summed E-state index contributed by atoms with van der Waals surface area (Å²) >= 11 is 0. The summed E-state index contributed by atoms with van der Waals surface area (Å²) < 4.78 is 10.5. The summed E-state index contributed by atoms with van der Waals surface area (Å²) in [4.78, 5) is 32.7. The second-order valence-electron chi connectivity index (χ2n) is 6.34. The lowest BCUT2D eigenvalue weighted by atomic mass is 10.1. The van der Waals surface area contributed by atoms with Gasteiger partial charge in [-0.05, 0) is 36.2 Å². The number of fused-ring (bicyclic) bond motifs is 1. The molecular weight excluding hydrogens is 334 g/mol. The van der Waals surface area contributed by atoms with Crippen molar-refractivity contribution in [3.63, 3.8) is 0 Å². The van der Waals surface area contributed by atoms with E-state index in [9.17, 15) is 9.59 Å². The van der Waals surface area contributed by atoms with Gasteiger partial charge in [0.1, 0.15) is 5.52 Å². The van der Waals surface area contributed by atoms with Gasteiger partial charge in [0.15, 0.2) is 17.7 Å². The van der Waals surface area contributed by atoms with Crippen molar-refractivity contribution in [1.29, 1.82) is 0 Å². The third-order valence-corrected chi connectivity index (χ3v) is 4.62. The summed E-state index contributed by atoms with van der Waals surface area (Å²) in [6, 6.07) is 8.97. The van der Waals surface area contributed by atoms with E-state index in [1.165, 1.54) is 12.7 Å². The van der Waals surface area contributed by atoms with Gasteiger partial charge in [-0.1, -0.05) is 6.07 Å². The topological polar surface area (TPSA) is 79.8 Å². The molecule has 1 aromatic carbocycles. The summed E-state index contributed by atoms with van der Waals surface area (Å²) in [5.41, 5.74) is 2.36. The van der Waals surface area contributed by atoms with Crippen LogP contribution in [0.25, 0.3) is 11.1 Å². The molecule has 1 aliphatic rings. The van der Waals surface area contributed by atoms with Crippen LogP contribution in [0.15, 0.2) is 51.8 Å². The SMILES string of the molecule is O=C(Cc1ccc2ncoc2c1)N1CCCN(C(=O)c2ccco2)CC1. The molecule has 0 unspecified atom stereocenters. The van der Waals surface area contributed by atoms with E-state index in [1.807, 2.05) is 23.1 Å². The van der Waals surface area contributed by atoms with Crippen molar-refractivity contribution in [2.75, 3.05) is 26.2 Å². The molecule has 2 amide bonds. The first-order valence-electron chi connectivity index (χ1n) is 8.63. The number of oxazole rings is 1. The minimum Gasteiger partial charge on any atom is -0.459 e. The summed E-state index contributed by atoms with van der Waals surface area (Å²) in [6.07, 6.45) is 3.95. The van der Waals surface area contributed by atoms with Crippen LogP contribution in [0.1, 0.15) is 22.5 Å². The molecule has 1 fully saturated rings. The number of nitrogens with zero attached hydrogens (tertiary/aromatic N) is 3. The molecule has 0 bridgehead atoms. The highest BCUT2D eigenvalue weighted by Crippen LogP contribution is 2.16. The van der Waals surface area contributed by atoms with Crippen LogP contribution >= 0.6 is 0 Å². The molecule has 1 aliphatic heterocycles. The van der Waals surface area contributed by atoms with Gasteiger partial charge >= 0.3 is 0 Å². The number of carbonyl (C=O) groups excluding carboxylic acids is 2. The molecule has 0 aliphatic carbocycles. The van der Waals surface area contributed by atoms with Crippen molar-refractivity contribution < 1.29 is 18.4 Å². The Balaban J connectivity index is 1.38. The van der Waals surface area contributed by atoms with E-state index >= 15 is 0 Å². The number of hydrogen-bond acceptors (Lipinski definition) is 5. The fraction of sp³-hybridized carbons (Fsp3) is 0.316. The Bertz CT molecular complexity index is 916. The van der Waals surface area contributed by atoms with Crippen molar-refractivity contribution >= 4 is 22.9 Å². The highest BCUT2D eigenvalue weighted by molar-refractivity contribution is 5.91. The number of benzene rings is 1. The van der Waals surface area contributed by atoms with Crippen molar-refractivity contribution in [3.05, 3.63) is 54.3 Å². The zero-order valence-corrected chi connectivity index (χ0v) is 14.3. The molecular formula is C19H19N3O4. The van der Waals surface area contributed by atoms with Crippen LogP contribution in [0.5, 0.6) is 0 Å². The lowest BCUT2D eigenvalue weighted by molar-refractivity contribution is -0.130. The van der Waals surface area contributed by atoms with E-state index in [0.29, 0.717) is 43.9 Å². The molecule has 1 saturated heterocycles. The number of rotatable bonds is 3. The zero-order chi connectivity index (χ0) is 17.9. The average molecular weight is 353 g/mol. The number of carbonyl (C=O) groups is 2. The second-order valence-corrected chi connectivity index (χ2v) is 6.34. The monoisotopic (exact) mass is 353 g/mol. The van der Waals surface area contributed by atoms with Crippen LogP contribution in [0.4, 0.5) is 0 Å². The van der Waals surface area contributed by atoms with Crippen molar-refractivity contribution in [3.8, 4) is 0 Å². The maximum Gasteiger partial charge on any atom is 0.289 e. The van der Waals surface area contributed by atoms with E-state index in [-0.39, 0.29) is 11.8 Å². The van der Waals surface area contributed by atoms with Gasteiger partial charge in [0.05, 0.1) is 12.7 Å². The molecule has 134 valence electrons. The third-order valence-electron chi connectivity index (χ3n) is 4.62. The lowest BCUT2D eigenvalue weighted by Gasteiger charge is -2.21. The van der Waals surface area contributed by atoms with Gasteiger partial charge in [0.25, 0.3) is 5.91 Å². The minimum atomic E-state index is -0.125. The van der Waals surface area contributed by atoms with Crippen LogP contribution < -0.4 is 0 Å². The Morgan fingerprint density at radius 1 is 1.04 bits per heavy atom. The molecule has 7 nitrogen and oxygen atoms in total. The number of hydrogen-bond donors (Lipinski definition) is 0. The Morgan fingerprint density at radius 2 is 1.88 bits per heavy atom. The summed E-state index contributed by atoms with van der Waals surface area (Å²) in [6.45, 7) is 2.29. The molecule has 0 atom stereocenters. The maximum atomic E-state index is 12.7. The second kappa shape index (κ2) is 7.03. The minimum absolute atomic E-state index is 0.0520. The predicted octanol–water partition coefficient (Wildman–Crippen LogP) is 2.34. The van der Waals surface area contributed by atoms with Crippen molar-refractivity contribution in [1.82, 2.24) is 14.8 Å². The van der Waals surface area contributed by atoms with Crippen molar-refractivity contribution in [2.45, 2.75) is 12.8 Å². The number of furan rings is 1. The number of aromatic nitrogens is 1. The summed E-state index contributed by atoms with van der Waals surface area (Å²) in [5.74, 6) is 0.265. The summed E-state index contributed by atoms with van der Waals surface area (Å²) in [5, 5.41) is 0. The fourth-order valence-corrected chi connectivity index (χ4v) is 3.22. The van der Waals surface area contributed by atoms with Gasteiger partial charge in [-0.15, -0.1) is 0 Å². The highest BCUT2D eigenvalue weighted by Gasteiger charge is 2.24. The quantitative estimate of drug-likeness (QED) is 0.722. The van der Waals surface area contributed by atoms with Gasteiger partial charge in [0.2, 0.25) is 5.91 Å². The standard InChI is InChI=1S/C19H19N3O4/c23-18(12-14-4-5-15-17(11-14)26-13-20-15)21-6-2-7-22(9-8-21)19(24)16-3-1-10-25-16/h1,3-5,10-11,13H,2,6-9,12H2. The molecule has 4 rings (SSSR count). The van der Waals surface area contributed by atoms with Gasteiger partial charge in [-0.2, -0.15) is 0 Å². The first-order valence-corrected chi connectivity index (χ1v) is 8.63. The normalized spacial score (nSPS) is 15.2. The molecule has 0 radical (unpaired) electrons. The maximum absolute atomic E-state index is 12.7. The lowest BCUT2D eigenvalue weighted by Crippen LogP contribution is -2.37. The molecule has 3 aromatic rings. The molecule has 26 heavy (non-hydrogen) atoms. The highest BCUT2D eigenvalue weighted by atomic mass is 16.3. The average Bonchev–Trinajstić information content (AvgIpc) is 3.28. The van der Waals surface area contributed by atoms with Crippen LogP contribution in [-0.4, -0.2) is 52.8 Å². The molecule has 0 N–H and O–H groups in total. The van der Waals surface area contributed by atoms with E-state index < -0.39 is 0 Å². The molecule has 3 heterocycles. The van der Waals surface area contributed by atoms with E-state index in [0.717, 1.165) is 17.5 Å². The Kier molecular flexibility index (Phi) is 4.43. The largest absolute Gasteiger partial charge is 0.459 e. The molecule has 7 heteroatoms. The van der Waals surface area contributed by atoms with E-state index in [4.69, 9.17) is 8.83 Å². The van der Waals surface area contributed by atoms with Gasteiger partial charge < -0.3 is 18.6 Å². The Morgan fingerprint density at radius 3 is 2.73 bits per heavy atom.